The lowest BCUT2D eigenvalue weighted by Gasteiger charge is -2.10. The Labute approximate surface area is 162 Å². The number of carbonyl (C=O) groups excluding carboxylic acids is 2. The van der Waals surface area contributed by atoms with E-state index in [1.807, 2.05) is 37.3 Å². The summed E-state index contributed by atoms with van der Waals surface area (Å²) in [6, 6.07) is 17.8. The molecule has 0 aliphatic carbocycles. The molecule has 6 heteroatoms. The summed E-state index contributed by atoms with van der Waals surface area (Å²) >= 11 is 5.93. The molecule has 0 aliphatic rings. The van der Waals surface area contributed by atoms with E-state index in [-0.39, 0.29) is 17.5 Å². The van der Waals surface area contributed by atoms with Crippen molar-refractivity contribution in [2.45, 2.75) is 13.5 Å². The number of aryl methyl sites for hydroxylation is 1. The Morgan fingerprint density at radius 2 is 1.78 bits per heavy atom. The minimum atomic E-state index is -0.337. The van der Waals surface area contributed by atoms with Crippen LogP contribution in [-0.4, -0.2) is 16.8 Å². The van der Waals surface area contributed by atoms with Crippen molar-refractivity contribution in [3.63, 3.8) is 0 Å². The quantitative estimate of drug-likeness (QED) is 0.697. The number of rotatable bonds is 5. The maximum atomic E-state index is 12.5. The van der Waals surface area contributed by atoms with Gasteiger partial charge in [-0.15, -0.1) is 0 Å². The molecule has 2 aromatic carbocycles. The number of nitrogens with one attached hydrogen (secondary N) is 2. The zero-order chi connectivity index (χ0) is 19.2. The summed E-state index contributed by atoms with van der Waals surface area (Å²) in [5.74, 6) is -0.656. The van der Waals surface area contributed by atoms with Crippen LogP contribution in [-0.2, 0) is 6.54 Å². The van der Waals surface area contributed by atoms with Crippen LogP contribution in [0.2, 0.25) is 5.02 Å². The molecule has 3 rings (SSSR count). The summed E-state index contributed by atoms with van der Waals surface area (Å²) in [5, 5.41) is 6.22. The zero-order valence-corrected chi connectivity index (χ0v) is 15.5. The number of aromatic nitrogens is 1. The van der Waals surface area contributed by atoms with Gasteiger partial charge in [0.2, 0.25) is 0 Å². The van der Waals surface area contributed by atoms with Gasteiger partial charge in [-0.3, -0.25) is 14.6 Å². The summed E-state index contributed by atoms with van der Waals surface area (Å²) in [6.45, 7) is 2.25. The Morgan fingerprint density at radius 1 is 1.00 bits per heavy atom. The highest BCUT2D eigenvalue weighted by molar-refractivity contribution is 6.30. The van der Waals surface area contributed by atoms with Crippen molar-refractivity contribution in [2.75, 3.05) is 5.32 Å². The maximum absolute atomic E-state index is 12.5. The molecule has 136 valence electrons. The van der Waals surface area contributed by atoms with E-state index in [0.29, 0.717) is 22.8 Å². The molecular formula is C21H18ClN3O2. The van der Waals surface area contributed by atoms with Crippen molar-refractivity contribution in [1.82, 2.24) is 10.3 Å². The van der Waals surface area contributed by atoms with E-state index < -0.39 is 0 Å². The average molecular weight is 380 g/mol. The van der Waals surface area contributed by atoms with Crippen molar-refractivity contribution >= 4 is 29.1 Å². The lowest BCUT2D eigenvalue weighted by atomic mass is 10.1. The standard InChI is InChI=1S/C21H18ClN3O2/c1-14-11-17(22)7-8-18(14)25-20(26)16-9-10-23-19(12-16)21(27)24-13-15-5-3-2-4-6-15/h2-12H,13H2,1H3,(H,24,27)(H,25,26). The highest BCUT2D eigenvalue weighted by Gasteiger charge is 2.13. The maximum Gasteiger partial charge on any atom is 0.270 e. The number of pyridine rings is 1. The number of halogens is 1. The predicted molar refractivity (Wildman–Crippen MR) is 106 cm³/mol. The molecule has 0 saturated carbocycles. The van der Waals surface area contributed by atoms with Gasteiger partial charge in [0.15, 0.2) is 0 Å². The van der Waals surface area contributed by atoms with E-state index in [1.165, 1.54) is 12.3 Å². The molecule has 0 unspecified atom stereocenters. The minimum absolute atomic E-state index is 0.186. The van der Waals surface area contributed by atoms with Crippen molar-refractivity contribution < 1.29 is 9.59 Å². The summed E-state index contributed by atoms with van der Waals surface area (Å²) < 4.78 is 0. The Morgan fingerprint density at radius 3 is 2.52 bits per heavy atom. The molecule has 1 heterocycles. The lowest BCUT2D eigenvalue weighted by molar-refractivity contribution is 0.0946. The van der Waals surface area contributed by atoms with Crippen LogP contribution in [0.1, 0.15) is 32.0 Å². The van der Waals surface area contributed by atoms with Crippen LogP contribution in [0.15, 0.2) is 66.9 Å². The Balaban J connectivity index is 1.68. The second kappa shape index (κ2) is 8.47. The van der Waals surface area contributed by atoms with Crippen LogP contribution in [0.25, 0.3) is 0 Å². The molecule has 5 nitrogen and oxygen atoms in total. The number of hydrogen-bond donors (Lipinski definition) is 2. The Kier molecular flexibility index (Phi) is 5.84. The van der Waals surface area contributed by atoms with Gasteiger partial charge in [0.05, 0.1) is 0 Å². The molecule has 0 spiro atoms. The number of benzene rings is 2. The van der Waals surface area contributed by atoms with Gasteiger partial charge in [-0.05, 0) is 48.4 Å². The topological polar surface area (TPSA) is 71.1 Å². The zero-order valence-electron chi connectivity index (χ0n) is 14.7. The van der Waals surface area contributed by atoms with Gasteiger partial charge in [-0.1, -0.05) is 41.9 Å². The van der Waals surface area contributed by atoms with Gasteiger partial charge < -0.3 is 10.6 Å². The van der Waals surface area contributed by atoms with E-state index >= 15 is 0 Å². The van der Waals surface area contributed by atoms with Gasteiger partial charge in [0, 0.05) is 29.0 Å². The molecule has 3 aromatic rings. The fourth-order valence-electron chi connectivity index (χ4n) is 2.53. The van der Waals surface area contributed by atoms with E-state index in [0.717, 1.165) is 11.1 Å². The number of carbonyl (C=O) groups is 2. The van der Waals surface area contributed by atoms with Crippen molar-refractivity contribution in [3.05, 3.63) is 94.3 Å². The molecule has 1 aromatic heterocycles. The molecule has 0 bridgehead atoms. The second-order valence-corrected chi connectivity index (χ2v) is 6.45. The van der Waals surface area contributed by atoms with Crippen molar-refractivity contribution in [2.24, 2.45) is 0 Å². The molecule has 27 heavy (non-hydrogen) atoms. The van der Waals surface area contributed by atoms with Crippen LogP contribution in [0, 0.1) is 6.92 Å². The largest absolute Gasteiger partial charge is 0.347 e. The Hall–Kier alpha value is -3.18. The number of nitrogens with zero attached hydrogens (tertiary/aromatic N) is 1. The fraction of sp³-hybridized carbons (Fsp3) is 0.0952. The van der Waals surface area contributed by atoms with Crippen LogP contribution in [0.3, 0.4) is 0 Å². The van der Waals surface area contributed by atoms with E-state index in [1.54, 1.807) is 24.3 Å². The molecule has 0 aliphatic heterocycles. The predicted octanol–water partition coefficient (Wildman–Crippen LogP) is 4.23. The Bertz CT molecular complexity index is 974. The van der Waals surface area contributed by atoms with Crippen molar-refractivity contribution in [3.8, 4) is 0 Å². The summed E-state index contributed by atoms with van der Waals surface area (Å²) in [6.07, 6.45) is 1.45. The summed E-state index contributed by atoms with van der Waals surface area (Å²) in [7, 11) is 0. The van der Waals surface area contributed by atoms with Gasteiger partial charge in [0.1, 0.15) is 5.69 Å². The summed E-state index contributed by atoms with van der Waals surface area (Å²) in [4.78, 5) is 28.9. The van der Waals surface area contributed by atoms with Crippen LogP contribution in [0.5, 0.6) is 0 Å². The molecular weight excluding hydrogens is 362 g/mol. The monoisotopic (exact) mass is 379 g/mol. The van der Waals surface area contributed by atoms with E-state index in [9.17, 15) is 9.59 Å². The highest BCUT2D eigenvalue weighted by Crippen LogP contribution is 2.20. The molecule has 2 amide bonds. The first-order chi connectivity index (χ1) is 13.0. The fourth-order valence-corrected chi connectivity index (χ4v) is 2.75. The second-order valence-electron chi connectivity index (χ2n) is 6.01. The van der Waals surface area contributed by atoms with Crippen LogP contribution < -0.4 is 10.6 Å². The van der Waals surface area contributed by atoms with Crippen LogP contribution in [0.4, 0.5) is 5.69 Å². The molecule has 0 fully saturated rings. The lowest BCUT2D eigenvalue weighted by Crippen LogP contribution is -2.24. The molecule has 0 atom stereocenters. The first-order valence-electron chi connectivity index (χ1n) is 8.38. The van der Waals surface area contributed by atoms with Gasteiger partial charge in [0.25, 0.3) is 11.8 Å². The minimum Gasteiger partial charge on any atom is -0.347 e. The normalized spacial score (nSPS) is 10.3. The first kappa shape index (κ1) is 18.6. The van der Waals surface area contributed by atoms with Crippen molar-refractivity contribution in [1.29, 1.82) is 0 Å². The highest BCUT2D eigenvalue weighted by atomic mass is 35.5. The van der Waals surface area contributed by atoms with Gasteiger partial charge in [-0.25, -0.2) is 0 Å². The third-order valence-electron chi connectivity index (χ3n) is 3.99. The summed E-state index contributed by atoms with van der Waals surface area (Å²) in [5.41, 5.74) is 3.04. The van der Waals surface area contributed by atoms with E-state index in [4.69, 9.17) is 11.6 Å². The third kappa shape index (κ3) is 4.92. The van der Waals surface area contributed by atoms with Gasteiger partial charge >= 0.3 is 0 Å². The molecule has 2 N–H and O–H groups in total. The average Bonchev–Trinajstić information content (AvgIpc) is 2.69. The molecule has 0 radical (unpaired) electrons. The van der Waals surface area contributed by atoms with Gasteiger partial charge in [-0.2, -0.15) is 0 Å². The first-order valence-corrected chi connectivity index (χ1v) is 8.76. The SMILES string of the molecule is Cc1cc(Cl)ccc1NC(=O)c1ccnc(C(=O)NCc2ccccc2)c1. The smallest absolute Gasteiger partial charge is 0.270 e. The molecule has 0 saturated heterocycles. The number of amides is 2. The number of hydrogen-bond acceptors (Lipinski definition) is 3. The number of anilines is 1. The van der Waals surface area contributed by atoms with E-state index in [2.05, 4.69) is 15.6 Å². The third-order valence-corrected chi connectivity index (χ3v) is 4.22. The van der Waals surface area contributed by atoms with Crippen LogP contribution >= 0.6 is 11.6 Å².